The molecule has 0 bridgehead atoms. The van der Waals surface area contributed by atoms with Crippen LogP contribution in [0.3, 0.4) is 0 Å². The summed E-state index contributed by atoms with van der Waals surface area (Å²) in [6, 6.07) is 30.9. The quantitative estimate of drug-likeness (QED) is 0.0207. The molecule has 29 heteroatoms. The van der Waals surface area contributed by atoms with Gasteiger partial charge in [-0.15, -0.1) is 23.1 Å². The van der Waals surface area contributed by atoms with Crippen LogP contribution in [0.25, 0.3) is 16.0 Å². The number of thiazole rings is 1. The van der Waals surface area contributed by atoms with E-state index in [2.05, 4.69) is 42.6 Å². The highest BCUT2D eigenvalue weighted by molar-refractivity contribution is 7.99. The van der Waals surface area contributed by atoms with Crippen molar-refractivity contribution in [3.05, 3.63) is 160 Å². The molecule has 21 nitrogen and oxygen atoms in total. The van der Waals surface area contributed by atoms with Gasteiger partial charge in [-0.2, -0.15) is 13.2 Å². The van der Waals surface area contributed by atoms with E-state index in [1.807, 2.05) is 130 Å². The smallest absolute Gasteiger partial charge is 0.391 e. The normalized spacial score (nSPS) is 19.4. The van der Waals surface area contributed by atoms with E-state index in [0.29, 0.717) is 121 Å². The second-order valence-corrected chi connectivity index (χ2v) is 35.8. The number of halogens is 4. The SMILES string of the molecule is Cc1ncsc1-c1ccc([C@H](C)NC(=O)[C@@H]2C[C@@H](O)CN2C(=O)[C@@H](NC(=O)CCCCCC(=O)N(C)CC2(C)CCC(c3ccc(Cl)cc3)=C(CN3CCN(c4ccc(C(=O)NS(=O)(=O)c5ccc(N[C@H](CCN6CCOCC6)CSc6ccccc6)c(S(=O)(=O)C(F)(F)F)c5)cc4)CC3)C2)C(C)(C)C)cc1. The number of sulfonamides is 1. The third-order valence-corrected chi connectivity index (χ3v) is 25.7. The summed E-state index contributed by atoms with van der Waals surface area (Å²) in [7, 11) is -9.20. The number of alkyl halides is 3. The number of aromatic nitrogens is 1. The molecule has 1 aliphatic carbocycles. The number of β-amino-alcohol motifs (C(OH)–C–C–N with tert-alkyl or cyclic N) is 1. The number of hydrogen-bond acceptors (Lipinski definition) is 18. The minimum atomic E-state index is -6.12. The Kier molecular flexibility index (Phi) is 27.6. The molecule has 10 rings (SSSR count). The average molecular weight is 1570 g/mol. The molecule has 0 radical (unpaired) electrons. The van der Waals surface area contributed by atoms with Gasteiger partial charge in [0.2, 0.25) is 23.6 Å². The predicted molar refractivity (Wildman–Crippen MR) is 413 cm³/mol. The third kappa shape index (κ3) is 21.8. The first kappa shape index (κ1) is 82.1. The van der Waals surface area contributed by atoms with E-state index in [-0.39, 0.29) is 54.1 Å². The van der Waals surface area contributed by atoms with E-state index in [1.54, 1.807) is 29.0 Å². The summed E-state index contributed by atoms with van der Waals surface area (Å²) in [6.45, 7) is 18.3. The molecular formula is C78H98ClF3N10O11S4. The maximum atomic E-state index is 14.4. The first-order valence-corrected chi connectivity index (χ1v) is 41.6. The number of unbranched alkanes of at least 4 members (excludes halogenated alkanes) is 2. The Labute approximate surface area is 639 Å². The van der Waals surface area contributed by atoms with Crippen molar-refractivity contribution in [1.29, 1.82) is 0 Å². The number of amides is 5. The number of benzene rings is 5. The van der Waals surface area contributed by atoms with Crippen molar-refractivity contribution >= 4 is 101 Å². The number of carbonyl (C=O) groups is 5. The molecule has 578 valence electrons. The second-order valence-electron chi connectivity index (χ2n) is 29.8. The van der Waals surface area contributed by atoms with Crippen LogP contribution in [0.4, 0.5) is 24.5 Å². The fraction of sp³-hybridized carbons (Fsp3) is 0.487. The molecule has 1 unspecified atom stereocenters. The van der Waals surface area contributed by atoms with Crippen LogP contribution in [-0.2, 0) is 43.8 Å². The standard InChI is InChI=1S/C78H98ClF3N10O11S4/c1-52(54-18-20-56(21-19-54)71-53(2)83-51-105-71)84-74(97)67-44-62(93)48-92(67)75(98)72(76(3,4)5)86-69(94)16-12-9-13-17-70(95)88(7)50-77(6)34-32-65(55-22-26-59(79)27-23-55)58(46-77)47-90-36-38-91(39-37-90)61-28-24-57(25-29-61)73(96)87-107(101,102)64-30-31-66(68(45-64)106(99,100)78(80,81)82)85-60(33-35-89-40-42-103-43-41-89)49-104-63-14-10-8-11-15-63/h8,10-11,14-15,18-31,45,51-52,60,62,67,72,85,93H,9,12-13,16-17,32-44,46-50H2,1-7H3,(H,84,97)(H,86,94)(H,87,96)/t52-,60+,62+,67-,72+,77?/m0/s1. The van der Waals surface area contributed by atoms with Gasteiger partial charge in [-0.25, -0.2) is 26.5 Å². The number of anilines is 2. The lowest BCUT2D eigenvalue weighted by Gasteiger charge is -2.42. The Morgan fingerprint density at radius 1 is 0.832 bits per heavy atom. The summed E-state index contributed by atoms with van der Waals surface area (Å²) in [5, 5.41) is 20.4. The number of ether oxygens (including phenoxy) is 1. The van der Waals surface area contributed by atoms with Crippen LogP contribution in [0.15, 0.2) is 147 Å². The largest absolute Gasteiger partial charge is 0.501 e. The van der Waals surface area contributed by atoms with Crippen molar-refractivity contribution in [2.24, 2.45) is 10.8 Å². The number of allylic oxidation sites excluding steroid dienone is 1. The maximum Gasteiger partial charge on any atom is 0.501 e. The van der Waals surface area contributed by atoms with Crippen LogP contribution in [0.5, 0.6) is 0 Å². The van der Waals surface area contributed by atoms with Crippen molar-refractivity contribution in [3.63, 3.8) is 0 Å². The lowest BCUT2D eigenvalue weighted by molar-refractivity contribution is -0.144. The fourth-order valence-corrected chi connectivity index (χ4v) is 18.3. The van der Waals surface area contributed by atoms with Crippen LogP contribution in [0, 0.1) is 17.8 Å². The number of piperazine rings is 1. The number of aryl methyl sites for hydroxylation is 1. The van der Waals surface area contributed by atoms with Crippen LogP contribution in [-0.4, -0.2) is 197 Å². The Balaban J connectivity index is 0.695. The van der Waals surface area contributed by atoms with Gasteiger partial charge in [0.1, 0.15) is 17.0 Å². The van der Waals surface area contributed by atoms with Crippen molar-refractivity contribution in [1.82, 2.24) is 39.9 Å². The van der Waals surface area contributed by atoms with Crippen molar-refractivity contribution < 1.29 is 63.8 Å². The average Bonchev–Trinajstić information content (AvgIpc) is 0.969. The molecule has 5 amide bonds. The summed E-state index contributed by atoms with van der Waals surface area (Å²) < 4.78 is 105. The van der Waals surface area contributed by atoms with E-state index in [1.165, 1.54) is 39.9 Å². The Bertz CT molecular complexity index is 4350. The molecule has 4 aliphatic rings. The monoisotopic (exact) mass is 1570 g/mol. The lowest BCUT2D eigenvalue weighted by atomic mass is 9.71. The van der Waals surface area contributed by atoms with Gasteiger partial charge >= 0.3 is 5.51 Å². The highest BCUT2D eigenvalue weighted by Crippen LogP contribution is 2.45. The van der Waals surface area contributed by atoms with E-state index in [4.69, 9.17) is 16.3 Å². The molecule has 5 N–H and O–H groups in total. The maximum absolute atomic E-state index is 14.4. The Hall–Kier alpha value is -7.41. The van der Waals surface area contributed by atoms with Gasteiger partial charge in [-0.1, -0.05) is 106 Å². The van der Waals surface area contributed by atoms with Crippen LogP contribution < -0.4 is 25.6 Å². The van der Waals surface area contributed by atoms with E-state index in [9.17, 15) is 59.1 Å². The van der Waals surface area contributed by atoms with Crippen LogP contribution in [0.1, 0.15) is 132 Å². The van der Waals surface area contributed by atoms with Crippen LogP contribution in [0.2, 0.25) is 5.02 Å². The number of nitrogens with one attached hydrogen (secondary N) is 4. The molecule has 3 aliphatic heterocycles. The highest BCUT2D eigenvalue weighted by Gasteiger charge is 2.49. The second kappa shape index (κ2) is 36.0. The summed E-state index contributed by atoms with van der Waals surface area (Å²) in [4.78, 5) is 83.3. The molecule has 6 aromatic rings. The molecule has 5 aromatic carbocycles. The summed E-state index contributed by atoms with van der Waals surface area (Å²) in [6.07, 6.45) is 4.02. The van der Waals surface area contributed by atoms with Crippen LogP contribution >= 0.6 is 34.7 Å². The van der Waals surface area contributed by atoms with Gasteiger partial charge < -0.3 is 40.5 Å². The van der Waals surface area contributed by atoms with E-state index < -0.39 is 82.3 Å². The van der Waals surface area contributed by atoms with Gasteiger partial charge in [0.25, 0.3) is 25.8 Å². The lowest BCUT2D eigenvalue weighted by Crippen LogP contribution is -2.57. The van der Waals surface area contributed by atoms with E-state index in [0.717, 1.165) is 69.2 Å². The van der Waals surface area contributed by atoms with Crippen molar-refractivity contribution in [2.75, 3.05) is 102 Å². The number of morpholine rings is 1. The first-order valence-electron chi connectivity index (χ1n) is 36.4. The van der Waals surface area contributed by atoms with Gasteiger partial charge in [-0.3, -0.25) is 33.8 Å². The number of rotatable bonds is 30. The van der Waals surface area contributed by atoms with Gasteiger partial charge in [0, 0.05) is 125 Å². The molecule has 1 aromatic heterocycles. The van der Waals surface area contributed by atoms with Gasteiger partial charge in [0.05, 0.1) is 52.0 Å². The molecular weight excluding hydrogens is 1470 g/mol. The van der Waals surface area contributed by atoms with Gasteiger partial charge in [0.15, 0.2) is 0 Å². The topological polar surface area (TPSA) is 260 Å². The number of hydrogen-bond donors (Lipinski definition) is 5. The number of sulfone groups is 1. The third-order valence-electron chi connectivity index (χ3n) is 20.5. The Morgan fingerprint density at radius 3 is 2.16 bits per heavy atom. The fourth-order valence-electron chi connectivity index (χ4n) is 14.4. The number of likely N-dealkylation sites (tertiary alicyclic amines) is 1. The molecule has 3 saturated heterocycles. The number of nitrogens with zero attached hydrogens (tertiary/aromatic N) is 6. The number of aliphatic hydroxyl groups is 1. The van der Waals surface area contributed by atoms with E-state index >= 15 is 0 Å². The molecule has 4 heterocycles. The molecule has 107 heavy (non-hydrogen) atoms. The number of thioether (sulfide) groups is 1. The van der Waals surface area contributed by atoms with Crippen molar-refractivity contribution in [3.8, 4) is 10.4 Å². The first-order chi connectivity index (χ1) is 50.7. The minimum absolute atomic E-state index is 0.00276. The zero-order valence-electron chi connectivity index (χ0n) is 61.6. The van der Waals surface area contributed by atoms with Gasteiger partial charge in [-0.05, 0) is 152 Å². The predicted octanol–water partition coefficient (Wildman–Crippen LogP) is 12.0. The molecule has 0 saturated carbocycles. The highest BCUT2D eigenvalue weighted by atomic mass is 35.5. The molecule has 3 fully saturated rings. The number of aliphatic hydroxyl groups excluding tert-OH is 1. The van der Waals surface area contributed by atoms with Crippen molar-refractivity contribution in [2.45, 2.75) is 156 Å². The summed E-state index contributed by atoms with van der Waals surface area (Å²) >= 11 is 9.36. The Morgan fingerprint density at radius 2 is 1.50 bits per heavy atom. The number of carbonyl (C=O) groups excluding carboxylic acids is 5. The zero-order chi connectivity index (χ0) is 77.0. The molecule has 6 atom stereocenters. The molecule has 0 spiro atoms. The summed E-state index contributed by atoms with van der Waals surface area (Å²) in [5.74, 6) is -1.88. The zero-order valence-corrected chi connectivity index (χ0v) is 65.7. The summed E-state index contributed by atoms with van der Waals surface area (Å²) in [5.41, 5.74) is 1.78. The minimum Gasteiger partial charge on any atom is -0.391 e.